The maximum atomic E-state index is 12.6. The Morgan fingerprint density at radius 3 is 2.30 bits per heavy atom. The summed E-state index contributed by atoms with van der Waals surface area (Å²) in [5, 5.41) is 3.02. The molecule has 5 heteroatoms. The number of hydrogen-bond donors (Lipinski definition) is 1. The third-order valence-electron chi connectivity index (χ3n) is 5.69. The lowest BCUT2D eigenvalue weighted by Crippen LogP contribution is -2.26. The van der Waals surface area contributed by atoms with Crippen molar-refractivity contribution in [1.82, 2.24) is 15.3 Å². The molecular weight excluding hydrogens is 372 g/mol. The fourth-order valence-corrected chi connectivity index (χ4v) is 3.85. The third-order valence-corrected chi connectivity index (χ3v) is 5.69. The maximum absolute atomic E-state index is 12.6. The van der Waals surface area contributed by atoms with E-state index in [2.05, 4.69) is 27.3 Å². The van der Waals surface area contributed by atoms with E-state index in [1.54, 1.807) is 12.4 Å². The summed E-state index contributed by atoms with van der Waals surface area (Å²) in [7, 11) is 0. The SMILES string of the molecule is C[C@@H](NC(=O)c1ccc(-c2ccc(N3CCCCCC3)nc2)cc1)c1cccnc1. The first-order valence-corrected chi connectivity index (χ1v) is 10.7. The number of nitrogens with zero attached hydrogens (tertiary/aromatic N) is 3. The third kappa shape index (κ3) is 4.85. The van der Waals surface area contributed by atoms with Crippen LogP contribution in [0, 0.1) is 0 Å². The van der Waals surface area contributed by atoms with Gasteiger partial charge in [0.1, 0.15) is 5.82 Å². The molecule has 0 unspecified atom stereocenters. The number of benzene rings is 1. The molecule has 2 aromatic heterocycles. The Balaban J connectivity index is 1.41. The minimum Gasteiger partial charge on any atom is -0.357 e. The summed E-state index contributed by atoms with van der Waals surface area (Å²) in [5.74, 6) is 0.966. The first-order chi connectivity index (χ1) is 14.7. The van der Waals surface area contributed by atoms with E-state index >= 15 is 0 Å². The Bertz CT molecular complexity index is 947. The number of hydrogen-bond acceptors (Lipinski definition) is 4. The van der Waals surface area contributed by atoms with E-state index in [1.165, 1.54) is 25.7 Å². The summed E-state index contributed by atoms with van der Waals surface area (Å²) in [5.41, 5.74) is 3.74. The van der Waals surface area contributed by atoms with Crippen LogP contribution in [0.15, 0.2) is 67.1 Å². The predicted molar refractivity (Wildman–Crippen MR) is 120 cm³/mol. The summed E-state index contributed by atoms with van der Waals surface area (Å²) in [6.07, 6.45) is 10.5. The van der Waals surface area contributed by atoms with Crippen LogP contribution in [0.5, 0.6) is 0 Å². The van der Waals surface area contributed by atoms with Gasteiger partial charge in [-0.25, -0.2) is 4.98 Å². The zero-order chi connectivity index (χ0) is 20.8. The molecule has 4 rings (SSSR count). The molecule has 5 nitrogen and oxygen atoms in total. The van der Waals surface area contributed by atoms with Crippen LogP contribution in [-0.4, -0.2) is 29.0 Å². The molecule has 1 atom stereocenters. The van der Waals surface area contributed by atoms with Gasteiger partial charge in [0, 0.05) is 42.8 Å². The van der Waals surface area contributed by atoms with Crippen molar-refractivity contribution in [3.63, 3.8) is 0 Å². The van der Waals surface area contributed by atoms with E-state index in [0.717, 1.165) is 35.6 Å². The van der Waals surface area contributed by atoms with Crippen molar-refractivity contribution < 1.29 is 4.79 Å². The van der Waals surface area contributed by atoms with Crippen LogP contribution >= 0.6 is 0 Å². The van der Waals surface area contributed by atoms with Gasteiger partial charge in [0.2, 0.25) is 0 Å². The van der Waals surface area contributed by atoms with Crippen molar-refractivity contribution in [2.75, 3.05) is 18.0 Å². The number of pyridine rings is 2. The number of amides is 1. The van der Waals surface area contributed by atoms with E-state index < -0.39 is 0 Å². The quantitative estimate of drug-likeness (QED) is 0.654. The second kappa shape index (κ2) is 9.53. The number of carbonyl (C=O) groups excluding carboxylic acids is 1. The van der Waals surface area contributed by atoms with Gasteiger partial charge in [-0.1, -0.05) is 31.0 Å². The summed E-state index contributed by atoms with van der Waals surface area (Å²) >= 11 is 0. The van der Waals surface area contributed by atoms with E-state index in [-0.39, 0.29) is 11.9 Å². The summed E-state index contributed by atoms with van der Waals surface area (Å²) < 4.78 is 0. The number of rotatable bonds is 5. The van der Waals surface area contributed by atoms with Crippen LogP contribution in [0.25, 0.3) is 11.1 Å². The Morgan fingerprint density at radius 1 is 0.933 bits per heavy atom. The van der Waals surface area contributed by atoms with Gasteiger partial charge in [0.25, 0.3) is 5.91 Å². The molecule has 1 N–H and O–H groups in total. The standard InChI is InChI=1S/C25H28N4O/c1-19(22-7-6-14-26-17-22)28-25(30)21-10-8-20(9-11-21)23-12-13-24(27-18-23)29-15-4-2-3-5-16-29/h6-14,17-19H,2-5,15-16H2,1H3,(H,28,30)/t19-/m1/s1. The van der Waals surface area contributed by atoms with Crippen LogP contribution in [0.3, 0.4) is 0 Å². The van der Waals surface area contributed by atoms with Crippen LogP contribution < -0.4 is 10.2 Å². The molecule has 154 valence electrons. The van der Waals surface area contributed by atoms with Gasteiger partial charge < -0.3 is 10.2 Å². The van der Waals surface area contributed by atoms with Crippen molar-refractivity contribution in [3.05, 3.63) is 78.2 Å². The van der Waals surface area contributed by atoms with E-state index in [4.69, 9.17) is 4.98 Å². The van der Waals surface area contributed by atoms with Crippen molar-refractivity contribution >= 4 is 11.7 Å². The minimum atomic E-state index is -0.0957. The lowest BCUT2D eigenvalue weighted by molar-refractivity contribution is 0.0940. The zero-order valence-corrected chi connectivity index (χ0v) is 17.4. The molecule has 1 aromatic carbocycles. The minimum absolute atomic E-state index is 0.0902. The molecule has 3 heterocycles. The summed E-state index contributed by atoms with van der Waals surface area (Å²) in [4.78, 5) is 23.8. The molecule has 0 aliphatic carbocycles. The first-order valence-electron chi connectivity index (χ1n) is 10.7. The van der Waals surface area contributed by atoms with Gasteiger partial charge in [0.05, 0.1) is 6.04 Å². The van der Waals surface area contributed by atoms with Crippen LogP contribution in [0.2, 0.25) is 0 Å². The summed E-state index contributed by atoms with van der Waals surface area (Å²) in [6.45, 7) is 4.14. The van der Waals surface area contributed by atoms with Crippen molar-refractivity contribution in [2.24, 2.45) is 0 Å². The van der Waals surface area contributed by atoms with Crippen LogP contribution in [0.4, 0.5) is 5.82 Å². The van der Waals surface area contributed by atoms with E-state index in [9.17, 15) is 4.79 Å². The topological polar surface area (TPSA) is 58.1 Å². The highest BCUT2D eigenvalue weighted by Gasteiger charge is 2.13. The lowest BCUT2D eigenvalue weighted by Gasteiger charge is -2.21. The van der Waals surface area contributed by atoms with Gasteiger partial charge in [-0.3, -0.25) is 9.78 Å². The molecule has 1 fully saturated rings. The van der Waals surface area contributed by atoms with Gasteiger partial charge in [0.15, 0.2) is 0 Å². The molecule has 0 spiro atoms. The lowest BCUT2D eigenvalue weighted by atomic mass is 10.0. The van der Waals surface area contributed by atoms with Gasteiger partial charge in [-0.2, -0.15) is 0 Å². The molecule has 1 saturated heterocycles. The number of nitrogens with one attached hydrogen (secondary N) is 1. The maximum Gasteiger partial charge on any atom is 0.251 e. The predicted octanol–water partition coefficient (Wildman–Crippen LogP) is 5.02. The molecule has 0 bridgehead atoms. The highest BCUT2D eigenvalue weighted by molar-refractivity contribution is 5.94. The number of aromatic nitrogens is 2. The second-order valence-electron chi connectivity index (χ2n) is 7.87. The first kappa shape index (κ1) is 20.1. The van der Waals surface area contributed by atoms with Gasteiger partial charge >= 0.3 is 0 Å². The average molecular weight is 401 g/mol. The Kier molecular flexibility index (Phi) is 6.38. The Morgan fingerprint density at radius 2 is 1.67 bits per heavy atom. The molecule has 1 aliphatic heterocycles. The molecule has 0 radical (unpaired) electrons. The highest BCUT2D eigenvalue weighted by atomic mass is 16.1. The van der Waals surface area contributed by atoms with Gasteiger partial charge in [-0.15, -0.1) is 0 Å². The monoisotopic (exact) mass is 400 g/mol. The second-order valence-corrected chi connectivity index (χ2v) is 7.87. The zero-order valence-electron chi connectivity index (χ0n) is 17.4. The van der Waals surface area contributed by atoms with Gasteiger partial charge in [-0.05, 0) is 61.2 Å². The fraction of sp³-hybridized carbons (Fsp3) is 0.320. The largest absolute Gasteiger partial charge is 0.357 e. The smallest absolute Gasteiger partial charge is 0.251 e. The molecule has 1 amide bonds. The van der Waals surface area contributed by atoms with Crippen molar-refractivity contribution in [3.8, 4) is 11.1 Å². The molecular formula is C25H28N4O. The van der Waals surface area contributed by atoms with E-state index in [1.807, 2.05) is 49.5 Å². The van der Waals surface area contributed by atoms with Crippen molar-refractivity contribution in [1.29, 1.82) is 0 Å². The number of carbonyl (C=O) groups is 1. The Hall–Kier alpha value is -3.21. The van der Waals surface area contributed by atoms with E-state index in [0.29, 0.717) is 5.56 Å². The number of anilines is 1. The molecule has 0 saturated carbocycles. The fourth-order valence-electron chi connectivity index (χ4n) is 3.85. The molecule has 3 aromatic rings. The molecule has 30 heavy (non-hydrogen) atoms. The summed E-state index contributed by atoms with van der Waals surface area (Å²) in [6, 6.07) is 15.7. The van der Waals surface area contributed by atoms with Crippen molar-refractivity contribution in [2.45, 2.75) is 38.6 Å². The Labute approximate surface area is 178 Å². The van der Waals surface area contributed by atoms with Crippen LogP contribution in [0.1, 0.15) is 54.6 Å². The normalized spacial score (nSPS) is 15.3. The highest BCUT2D eigenvalue weighted by Crippen LogP contribution is 2.23. The molecule has 1 aliphatic rings. The van der Waals surface area contributed by atoms with Crippen LogP contribution in [-0.2, 0) is 0 Å². The average Bonchev–Trinajstić information content (AvgIpc) is 3.09.